The second kappa shape index (κ2) is 4.42. The maximum Gasteiger partial charge on any atom is 0.117 e. The Labute approximate surface area is 101 Å². The van der Waals surface area contributed by atoms with Gasteiger partial charge in [-0.05, 0) is 45.2 Å². The third kappa shape index (κ3) is 2.19. The third-order valence-corrected chi connectivity index (χ3v) is 4.97. The molecule has 1 aromatic carbocycles. The zero-order valence-electron chi connectivity index (χ0n) is 10.5. The van der Waals surface area contributed by atoms with Gasteiger partial charge in [-0.25, -0.2) is 0 Å². The molecule has 0 fully saturated rings. The number of hydrogen-bond acceptors (Lipinski definition) is 0. The van der Waals surface area contributed by atoms with E-state index in [9.17, 15) is 0 Å². The molecule has 1 aliphatic carbocycles. The number of hydrogen-bond donors (Lipinski definition) is 0. The van der Waals surface area contributed by atoms with Crippen LogP contribution in [0.5, 0.6) is 0 Å². The van der Waals surface area contributed by atoms with Gasteiger partial charge in [-0.3, -0.25) is 0 Å². The number of benzene rings is 1. The molecule has 0 aliphatic heterocycles. The van der Waals surface area contributed by atoms with Gasteiger partial charge in [-0.1, -0.05) is 45.8 Å². The molecule has 0 unspecified atom stereocenters. The van der Waals surface area contributed by atoms with Gasteiger partial charge in [0.15, 0.2) is 0 Å². The highest BCUT2D eigenvalue weighted by Gasteiger charge is 2.12. The van der Waals surface area contributed by atoms with Gasteiger partial charge in [0.05, 0.1) is 0 Å². The molecule has 82 valence electrons. The van der Waals surface area contributed by atoms with Crippen molar-refractivity contribution >= 4 is 14.7 Å². The topological polar surface area (TPSA) is 0 Å². The zero-order valence-corrected chi connectivity index (χ0v) is 11.5. The van der Waals surface area contributed by atoms with Crippen molar-refractivity contribution in [2.45, 2.75) is 34.1 Å². The molecule has 0 saturated carbocycles. The van der Waals surface area contributed by atoms with E-state index in [4.69, 9.17) is 0 Å². The van der Waals surface area contributed by atoms with Gasteiger partial charge in [0.1, 0.15) is 9.52 Å². The van der Waals surface area contributed by atoms with Crippen molar-refractivity contribution < 1.29 is 0 Å². The molecule has 0 bridgehead atoms. The molecule has 0 N–H and O–H groups in total. The summed E-state index contributed by atoms with van der Waals surface area (Å²) in [6, 6.07) is 6.65. The maximum atomic E-state index is 2.33. The summed E-state index contributed by atoms with van der Waals surface area (Å²) in [5, 5.41) is 3.13. The summed E-state index contributed by atoms with van der Waals surface area (Å²) in [5.41, 5.74) is 5.86. The monoisotopic (exact) mass is 226 g/mol. The van der Waals surface area contributed by atoms with Crippen LogP contribution in [0.25, 0.3) is 0 Å². The van der Waals surface area contributed by atoms with Crippen LogP contribution in [-0.2, 0) is 0 Å². The van der Waals surface area contributed by atoms with E-state index >= 15 is 0 Å². The first-order chi connectivity index (χ1) is 7.58. The number of rotatable bonds is 2. The molecule has 1 aromatic rings. The fourth-order valence-corrected chi connectivity index (χ4v) is 3.64. The summed E-state index contributed by atoms with van der Waals surface area (Å²) in [7, 11) is 0.847. The van der Waals surface area contributed by atoms with Crippen LogP contribution in [0.1, 0.15) is 31.4 Å². The van der Waals surface area contributed by atoms with Crippen LogP contribution in [-0.4, -0.2) is 9.52 Å². The summed E-state index contributed by atoms with van der Waals surface area (Å²) < 4.78 is 0. The second-order valence-electron chi connectivity index (χ2n) is 4.70. The number of allylic oxidation sites excluding steroid dienone is 4. The van der Waals surface area contributed by atoms with E-state index in [1.165, 1.54) is 33.9 Å². The summed E-state index contributed by atoms with van der Waals surface area (Å²) in [6.45, 7) is 8.90. The standard InChI is InChI=1S/C15H18Si/c1-10-8-12(3)15(9-10)16-14-7-5-6-11(2)13(14)4/h5-8H,9H2,1-4H3. The highest BCUT2D eigenvalue weighted by Crippen LogP contribution is 2.23. The Bertz CT molecular complexity index is 478. The average molecular weight is 226 g/mol. The zero-order chi connectivity index (χ0) is 11.7. The molecule has 0 spiro atoms. The minimum atomic E-state index is 0.847. The van der Waals surface area contributed by atoms with Crippen molar-refractivity contribution in [1.82, 2.24) is 0 Å². The van der Waals surface area contributed by atoms with E-state index in [0.717, 1.165) is 9.52 Å². The first-order valence-corrected chi connectivity index (χ1v) is 6.78. The van der Waals surface area contributed by atoms with E-state index in [1.54, 1.807) is 5.20 Å². The van der Waals surface area contributed by atoms with Crippen molar-refractivity contribution in [2.24, 2.45) is 0 Å². The third-order valence-electron chi connectivity index (χ3n) is 3.28. The molecule has 2 radical (unpaired) electrons. The van der Waals surface area contributed by atoms with Gasteiger partial charge in [0.2, 0.25) is 0 Å². The highest BCUT2D eigenvalue weighted by molar-refractivity contribution is 6.62. The van der Waals surface area contributed by atoms with Gasteiger partial charge < -0.3 is 0 Å². The fraction of sp³-hybridized carbons (Fsp3) is 0.333. The van der Waals surface area contributed by atoms with E-state index in [1.807, 2.05) is 0 Å². The van der Waals surface area contributed by atoms with Crippen molar-refractivity contribution in [3.63, 3.8) is 0 Å². The molecular weight excluding hydrogens is 208 g/mol. The minimum absolute atomic E-state index is 0.847. The number of aryl methyl sites for hydroxylation is 1. The first kappa shape index (κ1) is 11.4. The lowest BCUT2D eigenvalue weighted by Gasteiger charge is -2.09. The molecule has 1 aliphatic rings. The molecule has 0 nitrogen and oxygen atoms in total. The summed E-state index contributed by atoms with van der Waals surface area (Å²) in [4.78, 5) is 0. The van der Waals surface area contributed by atoms with Crippen molar-refractivity contribution in [3.8, 4) is 0 Å². The van der Waals surface area contributed by atoms with Crippen LogP contribution in [0.2, 0.25) is 0 Å². The van der Waals surface area contributed by atoms with Crippen molar-refractivity contribution in [2.75, 3.05) is 0 Å². The average Bonchev–Trinajstić information content (AvgIpc) is 2.53. The Hall–Kier alpha value is -1.08. The van der Waals surface area contributed by atoms with E-state index < -0.39 is 0 Å². The van der Waals surface area contributed by atoms with Gasteiger partial charge >= 0.3 is 0 Å². The van der Waals surface area contributed by atoms with Gasteiger partial charge in [-0.15, -0.1) is 0 Å². The predicted molar refractivity (Wildman–Crippen MR) is 72.4 cm³/mol. The quantitative estimate of drug-likeness (QED) is 0.679. The normalized spacial score (nSPS) is 15.6. The van der Waals surface area contributed by atoms with Crippen LogP contribution in [0.3, 0.4) is 0 Å². The van der Waals surface area contributed by atoms with Crippen molar-refractivity contribution in [1.29, 1.82) is 0 Å². The molecule has 0 amide bonds. The molecule has 0 saturated heterocycles. The Morgan fingerprint density at radius 2 is 1.81 bits per heavy atom. The molecule has 16 heavy (non-hydrogen) atoms. The molecule has 0 atom stereocenters. The SMILES string of the molecule is CC1=CC(C)=C([Si]c2cccc(C)c2C)C1. The minimum Gasteiger partial charge on any atom is -0.0725 e. The smallest absolute Gasteiger partial charge is 0.0725 e. The van der Waals surface area contributed by atoms with Gasteiger partial charge in [0, 0.05) is 0 Å². The van der Waals surface area contributed by atoms with Crippen LogP contribution >= 0.6 is 0 Å². The van der Waals surface area contributed by atoms with Crippen LogP contribution in [0.15, 0.2) is 40.6 Å². The fourth-order valence-electron chi connectivity index (χ4n) is 2.12. The van der Waals surface area contributed by atoms with Gasteiger partial charge in [-0.2, -0.15) is 0 Å². The molecule has 1 heteroatoms. The highest BCUT2D eigenvalue weighted by atomic mass is 28.2. The maximum absolute atomic E-state index is 2.33. The molecular formula is C15H18Si. The Morgan fingerprint density at radius 1 is 1.06 bits per heavy atom. The van der Waals surface area contributed by atoms with E-state index in [0.29, 0.717) is 0 Å². The molecule has 0 aromatic heterocycles. The molecule has 0 heterocycles. The summed E-state index contributed by atoms with van der Waals surface area (Å²) >= 11 is 0. The largest absolute Gasteiger partial charge is 0.117 e. The van der Waals surface area contributed by atoms with Crippen LogP contribution in [0, 0.1) is 13.8 Å². The lowest BCUT2D eigenvalue weighted by Crippen LogP contribution is -2.20. The molecule has 2 rings (SSSR count). The first-order valence-electron chi connectivity index (χ1n) is 5.78. The predicted octanol–water partition coefficient (Wildman–Crippen LogP) is 3.26. The Balaban J connectivity index is 2.23. The lowest BCUT2D eigenvalue weighted by molar-refractivity contribution is 1.22. The summed E-state index contributed by atoms with van der Waals surface area (Å²) in [6.07, 6.45) is 3.51. The van der Waals surface area contributed by atoms with Crippen molar-refractivity contribution in [3.05, 3.63) is 51.7 Å². The lowest BCUT2D eigenvalue weighted by atomic mass is 10.1. The van der Waals surface area contributed by atoms with E-state index in [-0.39, 0.29) is 0 Å². The van der Waals surface area contributed by atoms with Crippen LogP contribution in [0.4, 0.5) is 0 Å². The second-order valence-corrected chi connectivity index (χ2v) is 6.09. The van der Waals surface area contributed by atoms with E-state index in [2.05, 4.69) is 52.0 Å². The summed E-state index contributed by atoms with van der Waals surface area (Å²) in [5.74, 6) is 0. The van der Waals surface area contributed by atoms with Gasteiger partial charge in [0.25, 0.3) is 0 Å². The Kier molecular flexibility index (Phi) is 3.15. The van der Waals surface area contributed by atoms with Crippen LogP contribution < -0.4 is 5.19 Å². The Morgan fingerprint density at radius 3 is 2.44 bits per heavy atom.